The fourth-order valence-electron chi connectivity index (χ4n) is 1.67. The summed E-state index contributed by atoms with van der Waals surface area (Å²) in [6.07, 6.45) is 9.00. The lowest BCUT2D eigenvalue weighted by atomic mass is 10.1. The highest BCUT2D eigenvalue weighted by atomic mass is 15.0. The maximum atomic E-state index is 4.22. The molecule has 80 valence electrons. The summed E-state index contributed by atoms with van der Waals surface area (Å²) in [6.45, 7) is 7.88. The average Bonchev–Trinajstić information content (AvgIpc) is 2.52. The van der Waals surface area contributed by atoms with E-state index in [4.69, 9.17) is 0 Å². The second-order valence-corrected chi connectivity index (χ2v) is 4.38. The number of aromatic nitrogens is 2. The molecule has 0 fully saturated rings. The van der Waals surface area contributed by atoms with Gasteiger partial charge in [0.25, 0.3) is 0 Å². The number of nitrogens with zero attached hydrogens (tertiary/aromatic N) is 2. The molecule has 0 aliphatic heterocycles. The van der Waals surface area contributed by atoms with Crippen LogP contribution in [0.25, 0.3) is 0 Å². The Morgan fingerprint density at radius 2 is 2.14 bits per heavy atom. The van der Waals surface area contributed by atoms with Gasteiger partial charge in [0.2, 0.25) is 0 Å². The van der Waals surface area contributed by atoms with Crippen LogP contribution in [0, 0.1) is 5.92 Å². The van der Waals surface area contributed by atoms with Crippen molar-refractivity contribution in [3.8, 4) is 0 Å². The van der Waals surface area contributed by atoms with Crippen molar-refractivity contribution in [1.29, 1.82) is 0 Å². The van der Waals surface area contributed by atoms with Crippen molar-refractivity contribution in [2.45, 2.75) is 53.0 Å². The van der Waals surface area contributed by atoms with Gasteiger partial charge in [0.15, 0.2) is 0 Å². The van der Waals surface area contributed by atoms with E-state index in [0.717, 1.165) is 18.9 Å². The minimum atomic E-state index is 0.719. The first-order chi connectivity index (χ1) is 6.74. The van der Waals surface area contributed by atoms with Crippen molar-refractivity contribution in [2.24, 2.45) is 5.92 Å². The second kappa shape index (κ2) is 5.84. The molecule has 1 aromatic rings. The molecule has 2 heteroatoms. The maximum absolute atomic E-state index is 4.22. The van der Waals surface area contributed by atoms with Gasteiger partial charge in [-0.15, -0.1) is 0 Å². The van der Waals surface area contributed by atoms with Crippen molar-refractivity contribution < 1.29 is 0 Å². The molecule has 0 aromatic carbocycles. The molecule has 0 atom stereocenters. The number of unbranched alkanes of at least 4 members (excludes halogenated alkanes) is 2. The zero-order chi connectivity index (χ0) is 10.4. The van der Waals surface area contributed by atoms with E-state index >= 15 is 0 Å². The van der Waals surface area contributed by atoms with Gasteiger partial charge in [0, 0.05) is 18.4 Å². The molecule has 2 nitrogen and oxygen atoms in total. The van der Waals surface area contributed by atoms with Gasteiger partial charge in [-0.2, -0.15) is 0 Å². The highest BCUT2D eigenvalue weighted by molar-refractivity contribution is 4.99. The Morgan fingerprint density at radius 1 is 1.36 bits per heavy atom. The van der Waals surface area contributed by atoms with Crippen LogP contribution in [0.4, 0.5) is 0 Å². The molecular weight excluding hydrogens is 172 g/mol. The first kappa shape index (κ1) is 11.3. The van der Waals surface area contributed by atoms with Crippen molar-refractivity contribution in [1.82, 2.24) is 9.55 Å². The third-order valence-corrected chi connectivity index (χ3v) is 2.42. The van der Waals surface area contributed by atoms with Gasteiger partial charge in [-0.1, -0.05) is 33.6 Å². The normalized spacial score (nSPS) is 11.1. The monoisotopic (exact) mass is 194 g/mol. The number of rotatable bonds is 6. The van der Waals surface area contributed by atoms with E-state index < -0.39 is 0 Å². The lowest BCUT2D eigenvalue weighted by molar-refractivity contribution is 0.553. The highest BCUT2D eigenvalue weighted by Crippen LogP contribution is 2.09. The second-order valence-electron chi connectivity index (χ2n) is 4.38. The molecule has 0 spiro atoms. The Balaban J connectivity index is 2.45. The van der Waals surface area contributed by atoms with Crippen LogP contribution >= 0.6 is 0 Å². The zero-order valence-electron chi connectivity index (χ0n) is 9.66. The quantitative estimate of drug-likeness (QED) is 0.635. The molecular formula is C12H22N2. The molecule has 0 aliphatic carbocycles. The Kier molecular flexibility index (Phi) is 4.71. The lowest BCUT2D eigenvalue weighted by Crippen LogP contribution is -2.04. The standard InChI is InChI=1S/C12H22N2/c1-4-5-6-7-14-10-13-9-12(14)8-11(2)3/h9-11H,4-8H2,1-3H3. The molecule has 0 bridgehead atoms. The summed E-state index contributed by atoms with van der Waals surface area (Å²) >= 11 is 0. The van der Waals surface area contributed by atoms with Gasteiger partial charge < -0.3 is 4.57 Å². The molecule has 1 rings (SSSR count). The summed E-state index contributed by atoms with van der Waals surface area (Å²) in [5.41, 5.74) is 1.39. The predicted molar refractivity (Wildman–Crippen MR) is 60.3 cm³/mol. The number of hydrogen-bond acceptors (Lipinski definition) is 1. The first-order valence-electron chi connectivity index (χ1n) is 5.73. The average molecular weight is 194 g/mol. The Bertz CT molecular complexity index is 251. The summed E-state index contributed by atoms with van der Waals surface area (Å²) in [5.74, 6) is 0.719. The first-order valence-corrected chi connectivity index (χ1v) is 5.73. The number of imidazole rings is 1. The molecule has 0 amide bonds. The van der Waals surface area contributed by atoms with Gasteiger partial charge in [0.1, 0.15) is 0 Å². The van der Waals surface area contributed by atoms with Crippen LogP contribution in [-0.4, -0.2) is 9.55 Å². The van der Waals surface area contributed by atoms with Crippen LogP contribution in [0.3, 0.4) is 0 Å². The van der Waals surface area contributed by atoms with E-state index in [1.54, 1.807) is 0 Å². The Hall–Kier alpha value is -0.790. The summed E-state index contributed by atoms with van der Waals surface area (Å²) in [7, 11) is 0. The van der Waals surface area contributed by atoms with Crippen molar-refractivity contribution >= 4 is 0 Å². The molecule has 0 N–H and O–H groups in total. The van der Waals surface area contributed by atoms with Gasteiger partial charge >= 0.3 is 0 Å². The van der Waals surface area contributed by atoms with E-state index in [2.05, 4.69) is 30.3 Å². The van der Waals surface area contributed by atoms with E-state index in [-0.39, 0.29) is 0 Å². The van der Waals surface area contributed by atoms with Crippen molar-refractivity contribution in [2.75, 3.05) is 0 Å². The van der Waals surface area contributed by atoms with Crippen LogP contribution in [0.5, 0.6) is 0 Å². The minimum Gasteiger partial charge on any atom is -0.335 e. The predicted octanol–water partition coefficient (Wildman–Crippen LogP) is 3.27. The Morgan fingerprint density at radius 3 is 2.79 bits per heavy atom. The highest BCUT2D eigenvalue weighted by Gasteiger charge is 2.03. The molecule has 1 aromatic heterocycles. The fraction of sp³-hybridized carbons (Fsp3) is 0.750. The van der Waals surface area contributed by atoms with Crippen LogP contribution in [0.2, 0.25) is 0 Å². The largest absolute Gasteiger partial charge is 0.335 e. The van der Waals surface area contributed by atoms with Crippen molar-refractivity contribution in [3.05, 3.63) is 18.2 Å². The third-order valence-electron chi connectivity index (χ3n) is 2.42. The van der Waals surface area contributed by atoms with E-state index in [1.807, 2.05) is 12.5 Å². The van der Waals surface area contributed by atoms with E-state index in [1.165, 1.54) is 25.0 Å². The molecule has 0 saturated carbocycles. The number of hydrogen-bond donors (Lipinski definition) is 0. The zero-order valence-corrected chi connectivity index (χ0v) is 9.66. The van der Waals surface area contributed by atoms with Crippen LogP contribution in [0.1, 0.15) is 45.7 Å². The Labute approximate surface area is 87.4 Å². The molecule has 1 heterocycles. The van der Waals surface area contributed by atoms with Crippen LogP contribution < -0.4 is 0 Å². The van der Waals surface area contributed by atoms with Gasteiger partial charge in [-0.25, -0.2) is 4.98 Å². The fourth-order valence-corrected chi connectivity index (χ4v) is 1.67. The summed E-state index contributed by atoms with van der Waals surface area (Å²) in [4.78, 5) is 4.22. The van der Waals surface area contributed by atoms with Crippen LogP contribution in [-0.2, 0) is 13.0 Å². The van der Waals surface area contributed by atoms with E-state index in [0.29, 0.717) is 0 Å². The molecule has 0 aliphatic rings. The SMILES string of the molecule is CCCCCn1cncc1CC(C)C. The third kappa shape index (κ3) is 3.52. The van der Waals surface area contributed by atoms with E-state index in [9.17, 15) is 0 Å². The smallest absolute Gasteiger partial charge is 0.0948 e. The molecule has 0 unspecified atom stereocenters. The minimum absolute atomic E-state index is 0.719. The maximum Gasteiger partial charge on any atom is 0.0948 e. The summed E-state index contributed by atoms with van der Waals surface area (Å²) in [5, 5.41) is 0. The van der Waals surface area contributed by atoms with Gasteiger partial charge in [-0.3, -0.25) is 0 Å². The molecule has 0 saturated heterocycles. The van der Waals surface area contributed by atoms with Gasteiger partial charge in [0.05, 0.1) is 6.33 Å². The topological polar surface area (TPSA) is 17.8 Å². The molecule has 14 heavy (non-hydrogen) atoms. The summed E-state index contributed by atoms with van der Waals surface area (Å²) in [6, 6.07) is 0. The lowest BCUT2D eigenvalue weighted by Gasteiger charge is -2.09. The number of aryl methyl sites for hydroxylation is 1. The van der Waals surface area contributed by atoms with Crippen molar-refractivity contribution in [3.63, 3.8) is 0 Å². The molecule has 0 radical (unpaired) electrons. The van der Waals surface area contributed by atoms with Crippen LogP contribution in [0.15, 0.2) is 12.5 Å². The van der Waals surface area contributed by atoms with Gasteiger partial charge in [-0.05, 0) is 18.8 Å². The summed E-state index contributed by atoms with van der Waals surface area (Å²) < 4.78 is 2.30.